The molecular formula is C13H12N2O4. The Bertz CT molecular complexity index is 649. The molecule has 98 valence electrons. The lowest BCUT2D eigenvalue weighted by Crippen LogP contribution is -2.25. The molecule has 0 fully saturated rings. The van der Waals surface area contributed by atoms with E-state index < -0.39 is 11.2 Å². The fraction of sp³-hybridized carbons (Fsp3) is 0.0769. The van der Waals surface area contributed by atoms with Crippen molar-refractivity contribution in [3.05, 3.63) is 64.1 Å². The van der Waals surface area contributed by atoms with Crippen LogP contribution in [0.1, 0.15) is 16.1 Å². The number of carbonyl (C=O) groups excluding carboxylic acids is 1. The van der Waals surface area contributed by atoms with E-state index in [4.69, 9.17) is 5.11 Å². The first kappa shape index (κ1) is 12.7. The van der Waals surface area contributed by atoms with E-state index in [1.807, 2.05) is 0 Å². The summed E-state index contributed by atoms with van der Waals surface area (Å²) in [7, 11) is 0. The number of benzene rings is 1. The van der Waals surface area contributed by atoms with E-state index in [1.54, 1.807) is 30.3 Å². The smallest absolute Gasteiger partial charge is 0.251 e. The van der Waals surface area contributed by atoms with E-state index >= 15 is 0 Å². The van der Waals surface area contributed by atoms with E-state index in [2.05, 4.69) is 5.32 Å². The molecule has 2 rings (SSSR count). The Labute approximate surface area is 108 Å². The molecule has 6 nitrogen and oxygen atoms in total. The second-order valence-electron chi connectivity index (χ2n) is 3.91. The fourth-order valence-electron chi connectivity index (χ4n) is 1.55. The molecule has 1 aromatic carbocycles. The molecule has 0 saturated carbocycles. The summed E-state index contributed by atoms with van der Waals surface area (Å²) in [5.41, 5.74) is 0.0365. The van der Waals surface area contributed by atoms with Crippen molar-refractivity contribution in [1.29, 1.82) is 0 Å². The summed E-state index contributed by atoms with van der Waals surface area (Å²) < 4.78 is 0.599. The topological polar surface area (TPSA) is 91.6 Å². The summed E-state index contributed by atoms with van der Waals surface area (Å²) >= 11 is 0. The number of nitrogens with one attached hydrogen (secondary N) is 1. The molecule has 1 amide bonds. The normalized spacial score (nSPS) is 10.1. The van der Waals surface area contributed by atoms with Crippen LogP contribution in [-0.4, -0.2) is 21.0 Å². The highest BCUT2D eigenvalue weighted by atomic mass is 16.5. The third kappa shape index (κ3) is 2.92. The number of pyridine rings is 1. The molecule has 1 aromatic heterocycles. The minimum atomic E-state index is -0.616. The van der Waals surface area contributed by atoms with E-state index in [1.165, 1.54) is 0 Å². The number of aromatic hydroxyl groups is 1. The van der Waals surface area contributed by atoms with E-state index in [0.29, 0.717) is 10.3 Å². The van der Waals surface area contributed by atoms with E-state index in [9.17, 15) is 14.8 Å². The monoisotopic (exact) mass is 260 g/mol. The third-order valence-corrected chi connectivity index (χ3v) is 2.56. The second-order valence-corrected chi connectivity index (χ2v) is 3.91. The van der Waals surface area contributed by atoms with Gasteiger partial charge in [0.05, 0.1) is 18.4 Å². The van der Waals surface area contributed by atoms with Gasteiger partial charge in [0.1, 0.15) is 0 Å². The maximum atomic E-state index is 11.8. The molecule has 6 heteroatoms. The number of hydrogen-bond acceptors (Lipinski definition) is 4. The molecule has 0 unspecified atom stereocenters. The van der Waals surface area contributed by atoms with Crippen molar-refractivity contribution in [1.82, 2.24) is 10.0 Å². The molecule has 1 heterocycles. The average Bonchev–Trinajstić information content (AvgIpc) is 2.42. The lowest BCUT2D eigenvalue weighted by molar-refractivity contribution is 0.0945. The molecule has 2 aromatic rings. The van der Waals surface area contributed by atoms with E-state index in [-0.39, 0.29) is 18.1 Å². The zero-order chi connectivity index (χ0) is 13.8. The Morgan fingerprint density at radius 2 is 1.95 bits per heavy atom. The Kier molecular flexibility index (Phi) is 3.51. The van der Waals surface area contributed by atoms with Gasteiger partial charge >= 0.3 is 0 Å². The number of carbonyl (C=O) groups is 1. The van der Waals surface area contributed by atoms with Crippen LogP contribution < -0.4 is 10.7 Å². The van der Waals surface area contributed by atoms with Gasteiger partial charge in [0.25, 0.3) is 5.91 Å². The van der Waals surface area contributed by atoms with Gasteiger partial charge in [-0.15, -0.1) is 0 Å². The minimum Gasteiger partial charge on any atom is -0.503 e. The van der Waals surface area contributed by atoms with Crippen LogP contribution in [0.4, 0.5) is 0 Å². The zero-order valence-corrected chi connectivity index (χ0v) is 9.91. The Hall–Kier alpha value is -2.76. The van der Waals surface area contributed by atoms with Crippen molar-refractivity contribution >= 4 is 5.91 Å². The predicted molar refractivity (Wildman–Crippen MR) is 67.2 cm³/mol. The van der Waals surface area contributed by atoms with Gasteiger partial charge in [0.2, 0.25) is 5.43 Å². The van der Waals surface area contributed by atoms with Crippen LogP contribution in [-0.2, 0) is 6.54 Å². The molecule has 0 radical (unpaired) electrons. The van der Waals surface area contributed by atoms with Gasteiger partial charge < -0.3 is 15.6 Å². The van der Waals surface area contributed by atoms with Gasteiger partial charge in [-0.05, 0) is 12.1 Å². The van der Waals surface area contributed by atoms with Crippen molar-refractivity contribution < 1.29 is 15.1 Å². The number of nitrogens with zero attached hydrogens (tertiary/aromatic N) is 1. The average molecular weight is 260 g/mol. The van der Waals surface area contributed by atoms with Gasteiger partial charge in [0, 0.05) is 11.6 Å². The summed E-state index contributed by atoms with van der Waals surface area (Å²) in [6.45, 7) is -0.0280. The number of aromatic nitrogens is 1. The van der Waals surface area contributed by atoms with Crippen LogP contribution in [0.5, 0.6) is 5.75 Å². The summed E-state index contributed by atoms with van der Waals surface area (Å²) in [5.74, 6) is -0.873. The van der Waals surface area contributed by atoms with Gasteiger partial charge in [-0.2, -0.15) is 4.73 Å². The predicted octanol–water partition coefficient (Wildman–Crippen LogP) is 0.721. The molecule has 0 aliphatic heterocycles. The van der Waals surface area contributed by atoms with Crippen LogP contribution in [0.3, 0.4) is 0 Å². The van der Waals surface area contributed by atoms with Crippen LogP contribution in [0.2, 0.25) is 0 Å². The highest BCUT2D eigenvalue weighted by molar-refractivity contribution is 5.94. The summed E-state index contributed by atoms with van der Waals surface area (Å²) in [4.78, 5) is 23.0. The fourth-order valence-corrected chi connectivity index (χ4v) is 1.55. The molecule has 0 atom stereocenters. The molecular weight excluding hydrogens is 248 g/mol. The molecule has 0 aliphatic carbocycles. The van der Waals surface area contributed by atoms with Crippen LogP contribution in [0.15, 0.2) is 47.4 Å². The summed E-state index contributed by atoms with van der Waals surface area (Å²) in [6.07, 6.45) is 0.881. The molecule has 0 saturated heterocycles. The maximum absolute atomic E-state index is 11.8. The highest BCUT2D eigenvalue weighted by Crippen LogP contribution is 2.03. The van der Waals surface area contributed by atoms with E-state index in [0.717, 1.165) is 12.3 Å². The van der Waals surface area contributed by atoms with Crippen molar-refractivity contribution in [2.24, 2.45) is 0 Å². The highest BCUT2D eigenvalue weighted by Gasteiger charge is 2.08. The Balaban J connectivity index is 2.09. The van der Waals surface area contributed by atoms with Crippen molar-refractivity contribution in [3.8, 4) is 5.75 Å². The number of hydrogen-bond donors (Lipinski definition) is 3. The lowest BCUT2D eigenvalue weighted by Gasteiger charge is -2.08. The van der Waals surface area contributed by atoms with Gasteiger partial charge in [0.15, 0.2) is 5.75 Å². The maximum Gasteiger partial charge on any atom is 0.251 e. The number of amides is 1. The Morgan fingerprint density at radius 3 is 2.63 bits per heavy atom. The molecule has 0 aliphatic rings. The largest absolute Gasteiger partial charge is 0.503 e. The van der Waals surface area contributed by atoms with Crippen molar-refractivity contribution in [3.63, 3.8) is 0 Å². The second kappa shape index (κ2) is 5.26. The molecule has 19 heavy (non-hydrogen) atoms. The Morgan fingerprint density at radius 1 is 1.26 bits per heavy atom. The van der Waals surface area contributed by atoms with Crippen molar-refractivity contribution in [2.45, 2.75) is 6.54 Å². The SMILES string of the molecule is O=C(NCc1cc(=O)c(O)cn1O)c1ccccc1. The van der Waals surface area contributed by atoms with Gasteiger partial charge in [-0.1, -0.05) is 18.2 Å². The standard InChI is InChI=1S/C13H12N2O4/c16-11-6-10(15(19)8-12(11)17)7-14-13(18)9-4-2-1-3-5-9/h1-6,8,17,19H,7H2,(H,14,18). The third-order valence-electron chi connectivity index (χ3n) is 2.56. The van der Waals surface area contributed by atoms with Crippen molar-refractivity contribution in [2.75, 3.05) is 0 Å². The first-order valence-corrected chi connectivity index (χ1v) is 5.55. The summed E-state index contributed by atoms with van der Waals surface area (Å²) in [6, 6.07) is 9.62. The molecule has 0 bridgehead atoms. The lowest BCUT2D eigenvalue weighted by atomic mass is 10.2. The first-order valence-electron chi connectivity index (χ1n) is 5.55. The molecule has 0 spiro atoms. The quantitative estimate of drug-likeness (QED) is 0.709. The van der Waals surface area contributed by atoms with Crippen LogP contribution in [0.25, 0.3) is 0 Å². The van der Waals surface area contributed by atoms with Gasteiger partial charge in [-0.25, -0.2) is 0 Å². The van der Waals surface area contributed by atoms with Crippen LogP contribution in [0, 0.1) is 0 Å². The zero-order valence-electron chi connectivity index (χ0n) is 9.91. The first-order chi connectivity index (χ1) is 9.08. The summed E-state index contributed by atoms with van der Waals surface area (Å²) in [5, 5.41) is 21.1. The minimum absolute atomic E-state index is 0.0280. The van der Waals surface area contributed by atoms with Crippen LogP contribution >= 0.6 is 0 Å². The van der Waals surface area contributed by atoms with Gasteiger partial charge in [-0.3, -0.25) is 9.59 Å². The molecule has 3 N–H and O–H groups in total. The number of rotatable bonds is 3.